The van der Waals surface area contributed by atoms with Gasteiger partial charge in [-0.05, 0) is 19.4 Å². The molecule has 38 valence electrons. The Morgan fingerprint density at radius 3 is 3.00 bits per heavy atom. The molecule has 0 saturated carbocycles. The van der Waals surface area contributed by atoms with E-state index in [4.69, 9.17) is 0 Å². The smallest absolute Gasteiger partial charge is 0.0503 e. The first kappa shape index (κ1) is 4.48. The van der Waals surface area contributed by atoms with Crippen LogP contribution in [0, 0.1) is 0 Å². The molecular weight excluding hydrogens is 86.1 g/mol. The lowest BCUT2D eigenvalue weighted by Gasteiger charge is -2.03. The van der Waals surface area contributed by atoms with Gasteiger partial charge in [-0.3, -0.25) is 0 Å². The molecule has 1 heteroatoms. The van der Waals surface area contributed by atoms with Crippen molar-refractivity contribution in [1.29, 1.82) is 0 Å². The van der Waals surface area contributed by atoms with Gasteiger partial charge in [-0.25, -0.2) is 0 Å². The van der Waals surface area contributed by atoms with Crippen LogP contribution in [0.25, 0.3) is 0 Å². The minimum Gasteiger partial charge on any atom is -0.382 e. The lowest BCUT2D eigenvalue weighted by atomic mass is 10.3. The summed E-state index contributed by atoms with van der Waals surface area (Å²) in [5, 5.41) is 3.16. The summed E-state index contributed by atoms with van der Waals surface area (Å²) in [5.41, 5.74) is 4.22. The Bertz CT molecular complexity index is 118. The molecular formula is C6H9N. The van der Waals surface area contributed by atoms with Gasteiger partial charge in [-0.15, -0.1) is 5.73 Å². The van der Waals surface area contributed by atoms with Crippen LogP contribution in [-0.2, 0) is 0 Å². The minimum atomic E-state index is 1.08. The van der Waals surface area contributed by atoms with Gasteiger partial charge in [0.15, 0.2) is 0 Å². The fraction of sp³-hybridized carbons (Fsp3) is 0.500. The molecule has 1 N–H and O–H groups in total. The van der Waals surface area contributed by atoms with Crippen LogP contribution in [0.3, 0.4) is 0 Å². The molecule has 0 unspecified atom stereocenters. The summed E-state index contributed by atoms with van der Waals surface area (Å²) in [6.45, 7) is 3.11. The van der Waals surface area contributed by atoms with E-state index in [0.29, 0.717) is 0 Å². The standard InChI is InChI=1S/C6H9N/c1-6-4-2-3-5-7-6/h2,7H,3,5H2,1H3. The second kappa shape index (κ2) is 1.85. The Hall–Kier alpha value is -0.680. The molecule has 0 spiro atoms. The molecule has 0 aliphatic carbocycles. The van der Waals surface area contributed by atoms with Crippen molar-refractivity contribution in [3.8, 4) is 0 Å². The third-order valence-corrected chi connectivity index (χ3v) is 0.997. The third kappa shape index (κ3) is 1.09. The van der Waals surface area contributed by atoms with E-state index in [9.17, 15) is 0 Å². The van der Waals surface area contributed by atoms with Crippen LogP contribution in [-0.4, -0.2) is 6.54 Å². The maximum absolute atomic E-state index is 3.16. The van der Waals surface area contributed by atoms with E-state index in [1.54, 1.807) is 0 Å². The molecule has 0 aromatic heterocycles. The summed E-state index contributed by atoms with van der Waals surface area (Å²) in [5.74, 6) is 0. The van der Waals surface area contributed by atoms with Crippen LogP contribution < -0.4 is 5.32 Å². The highest BCUT2D eigenvalue weighted by Crippen LogP contribution is 1.90. The second-order valence-electron chi connectivity index (χ2n) is 1.69. The molecule has 0 aromatic rings. The zero-order valence-corrected chi connectivity index (χ0v) is 4.49. The Morgan fingerprint density at radius 1 is 1.86 bits per heavy atom. The van der Waals surface area contributed by atoms with Crippen LogP contribution in [0.1, 0.15) is 13.3 Å². The van der Waals surface area contributed by atoms with Crippen LogP contribution in [0.5, 0.6) is 0 Å². The van der Waals surface area contributed by atoms with Crippen molar-refractivity contribution in [1.82, 2.24) is 5.32 Å². The van der Waals surface area contributed by atoms with E-state index < -0.39 is 0 Å². The third-order valence-electron chi connectivity index (χ3n) is 0.997. The molecule has 1 rings (SSSR count). The predicted molar refractivity (Wildman–Crippen MR) is 29.9 cm³/mol. The van der Waals surface area contributed by atoms with Crippen molar-refractivity contribution in [2.24, 2.45) is 0 Å². The SMILES string of the molecule is CC1=C=CCCN1. The van der Waals surface area contributed by atoms with E-state index in [2.05, 4.69) is 17.1 Å². The topological polar surface area (TPSA) is 12.0 Å². The van der Waals surface area contributed by atoms with Gasteiger partial charge >= 0.3 is 0 Å². The molecule has 1 heterocycles. The van der Waals surface area contributed by atoms with Crippen LogP contribution in [0.15, 0.2) is 17.5 Å². The fourth-order valence-corrected chi connectivity index (χ4v) is 0.608. The average Bonchev–Trinajstić information content (AvgIpc) is 1.69. The summed E-state index contributed by atoms with van der Waals surface area (Å²) in [6.07, 6.45) is 3.18. The van der Waals surface area contributed by atoms with Crippen LogP contribution in [0.2, 0.25) is 0 Å². The van der Waals surface area contributed by atoms with Gasteiger partial charge in [-0.1, -0.05) is 0 Å². The van der Waals surface area contributed by atoms with E-state index in [0.717, 1.165) is 18.7 Å². The van der Waals surface area contributed by atoms with Gasteiger partial charge in [-0.2, -0.15) is 0 Å². The minimum absolute atomic E-state index is 1.08. The first-order chi connectivity index (χ1) is 3.39. The quantitative estimate of drug-likeness (QED) is 0.443. The van der Waals surface area contributed by atoms with E-state index >= 15 is 0 Å². The maximum Gasteiger partial charge on any atom is 0.0503 e. The van der Waals surface area contributed by atoms with Crippen LogP contribution >= 0.6 is 0 Å². The molecule has 1 aliphatic heterocycles. The first-order valence-corrected chi connectivity index (χ1v) is 2.55. The number of hydrogen-bond donors (Lipinski definition) is 1. The highest BCUT2D eigenvalue weighted by molar-refractivity contribution is 5.00. The van der Waals surface area contributed by atoms with Crippen molar-refractivity contribution in [3.05, 3.63) is 17.5 Å². The lowest BCUT2D eigenvalue weighted by Crippen LogP contribution is -2.13. The zero-order valence-electron chi connectivity index (χ0n) is 4.49. The van der Waals surface area contributed by atoms with Gasteiger partial charge < -0.3 is 5.32 Å². The summed E-state index contributed by atoms with van der Waals surface area (Å²) in [6, 6.07) is 0. The van der Waals surface area contributed by atoms with Gasteiger partial charge in [0, 0.05) is 6.54 Å². The van der Waals surface area contributed by atoms with Crippen molar-refractivity contribution >= 4 is 0 Å². The lowest BCUT2D eigenvalue weighted by molar-refractivity contribution is 0.787. The normalized spacial score (nSPS) is 18.1. The predicted octanol–water partition coefficient (Wildman–Crippen LogP) is 1.04. The number of nitrogens with one attached hydrogen (secondary N) is 1. The fourth-order valence-electron chi connectivity index (χ4n) is 0.608. The molecule has 0 fully saturated rings. The Kier molecular flexibility index (Phi) is 1.19. The Morgan fingerprint density at radius 2 is 2.71 bits per heavy atom. The molecule has 7 heavy (non-hydrogen) atoms. The molecule has 0 bridgehead atoms. The summed E-state index contributed by atoms with van der Waals surface area (Å²) in [7, 11) is 0. The van der Waals surface area contributed by atoms with Crippen molar-refractivity contribution < 1.29 is 0 Å². The number of rotatable bonds is 0. The molecule has 0 radical (unpaired) electrons. The largest absolute Gasteiger partial charge is 0.382 e. The molecule has 0 atom stereocenters. The molecule has 0 amide bonds. The van der Waals surface area contributed by atoms with Gasteiger partial charge in [0.25, 0.3) is 0 Å². The molecule has 1 aliphatic rings. The molecule has 0 saturated heterocycles. The monoisotopic (exact) mass is 95.1 g/mol. The van der Waals surface area contributed by atoms with Crippen molar-refractivity contribution in [2.75, 3.05) is 6.54 Å². The maximum atomic E-state index is 3.16. The van der Waals surface area contributed by atoms with Gasteiger partial charge in [0.1, 0.15) is 0 Å². The average molecular weight is 95.1 g/mol. The van der Waals surface area contributed by atoms with E-state index in [-0.39, 0.29) is 0 Å². The molecule has 1 nitrogen and oxygen atoms in total. The molecule has 0 aromatic carbocycles. The summed E-state index contributed by atoms with van der Waals surface area (Å²) in [4.78, 5) is 0. The highest BCUT2D eigenvalue weighted by Gasteiger charge is 1.87. The Balaban J connectivity index is 2.68. The van der Waals surface area contributed by atoms with Crippen molar-refractivity contribution in [3.63, 3.8) is 0 Å². The Labute approximate surface area is 43.7 Å². The number of hydrogen-bond acceptors (Lipinski definition) is 1. The highest BCUT2D eigenvalue weighted by atomic mass is 14.9. The van der Waals surface area contributed by atoms with E-state index in [1.165, 1.54) is 0 Å². The van der Waals surface area contributed by atoms with Crippen LogP contribution in [0.4, 0.5) is 0 Å². The van der Waals surface area contributed by atoms with Gasteiger partial charge in [0.05, 0.1) is 5.70 Å². The van der Waals surface area contributed by atoms with Crippen molar-refractivity contribution in [2.45, 2.75) is 13.3 Å². The van der Waals surface area contributed by atoms with E-state index in [1.807, 2.05) is 6.92 Å². The second-order valence-corrected chi connectivity index (χ2v) is 1.69. The summed E-state index contributed by atoms with van der Waals surface area (Å²) < 4.78 is 0. The summed E-state index contributed by atoms with van der Waals surface area (Å²) >= 11 is 0. The van der Waals surface area contributed by atoms with Gasteiger partial charge in [0.2, 0.25) is 0 Å². The first-order valence-electron chi connectivity index (χ1n) is 2.55. The zero-order chi connectivity index (χ0) is 5.11.